The molecule has 1 aliphatic heterocycles. The van der Waals surface area contributed by atoms with E-state index in [1.165, 1.54) is 11.8 Å². The first-order valence-electron chi connectivity index (χ1n) is 13.1. The van der Waals surface area contributed by atoms with Crippen LogP contribution in [0.5, 0.6) is 0 Å². The third kappa shape index (κ3) is 5.14. The number of Topliss-reactive ketones (excluding diaryl/α,β-unsaturated/α-hetero) is 1. The average molecular weight is 549 g/mol. The fourth-order valence-electron chi connectivity index (χ4n) is 5.52. The van der Waals surface area contributed by atoms with Gasteiger partial charge in [-0.05, 0) is 55.0 Å². The van der Waals surface area contributed by atoms with Crippen molar-refractivity contribution in [3.63, 3.8) is 0 Å². The smallest absolute Gasteiger partial charge is 0.257 e. The lowest BCUT2D eigenvalue weighted by Gasteiger charge is -2.38. The number of benzene rings is 2. The number of thioether (sulfide) groups is 1. The highest BCUT2D eigenvalue weighted by molar-refractivity contribution is 7.98. The molecule has 0 saturated carbocycles. The largest absolute Gasteiger partial charge is 0.372 e. The van der Waals surface area contributed by atoms with Crippen molar-refractivity contribution in [2.24, 2.45) is 5.41 Å². The van der Waals surface area contributed by atoms with Crippen molar-refractivity contribution in [3.8, 4) is 0 Å². The van der Waals surface area contributed by atoms with Crippen molar-refractivity contribution in [1.29, 1.82) is 0 Å². The van der Waals surface area contributed by atoms with Gasteiger partial charge in [-0.25, -0.2) is 4.98 Å². The number of aromatic amines is 1. The fraction of sp³-hybridized carbons (Fsp3) is 0.367. The van der Waals surface area contributed by atoms with E-state index in [2.05, 4.69) is 55.0 Å². The Balaban J connectivity index is 1.57. The third-order valence-electron chi connectivity index (χ3n) is 7.38. The molecule has 0 amide bonds. The summed E-state index contributed by atoms with van der Waals surface area (Å²) >= 11 is 7.76. The molecule has 2 N–H and O–H groups in total. The highest BCUT2D eigenvalue weighted by Gasteiger charge is 2.42. The van der Waals surface area contributed by atoms with Crippen LogP contribution in [0.15, 0.2) is 69.8 Å². The number of carbonyl (C=O) groups is 1. The van der Waals surface area contributed by atoms with E-state index in [1.54, 1.807) is 0 Å². The minimum absolute atomic E-state index is 0.0868. The van der Waals surface area contributed by atoms with Crippen molar-refractivity contribution in [2.45, 2.75) is 57.4 Å². The molecule has 2 aromatic carbocycles. The number of carbonyl (C=O) groups excluding carboxylic acids is 1. The average Bonchev–Trinajstić information content (AvgIpc) is 2.87. The molecule has 0 bridgehead atoms. The summed E-state index contributed by atoms with van der Waals surface area (Å²) in [5, 5.41) is 4.60. The Morgan fingerprint density at radius 2 is 1.76 bits per heavy atom. The first-order valence-corrected chi connectivity index (χ1v) is 14.5. The van der Waals surface area contributed by atoms with Gasteiger partial charge in [-0.1, -0.05) is 67.5 Å². The Labute approximate surface area is 232 Å². The maximum Gasteiger partial charge on any atom is 0.257 e. The number of fused-ring (bicyclic) bond motifs is 1. The summed E-state index contributed by atoms with van der Waals surface area (Å²) in [4.78, 5) is 37.2. The lowest BCUT2D eigenvalue weighted by molar-refractivity contribution is -0.118. The van der Waals surface area contributed by atoms with Crippen LogP contribution in [0.25, 0.3) is 0 Å². The van der Waals surface area contributed by atoms with Crippen molar-refractivity contribution in [3.05, 3.63) is 91.9 Å². The highest BCUT2D eigenvalue weighted by Crippen LogP contribution is 2.48. The van der Waals surface area contributed by atoms with Gasteiger partial charge in [0.05, 0.1) is 5.56 Å². The molecular weight excluding hydrogens is 516 g/mol. The SMILES string of the molecule is CCN(CC)c1ccc(C2C3=C(CC(C)(C)CC3=O)Nc3nc(SCc4ccccc4Cl)[nH]c(=O)c32)cc1. The van der Waals surface area contributed by atoms with Crippen LogP contribution in [-0.4, -0.2) is 28.8 Å². The zero-order chi connectivity index (χ0) is 27.0. The minimum Gasteiger partial charge on any atom is -0.372 e. The third-order valence-corrected chi connectivity index (χ3v) is 8.67. The van der Waals surface area contributed by atoms with E-state index < -0.39 is 5.92 Å². The predicted molar refractivity (Wildman–Crippen MR) is 156 cm³/mol. The van der Waals surface area contributed by atoms with Gasteiger partial charge in [-0.2, -0.15) is 0 Å². The van der Waals surface area contributed by atoms with Gasteiger partial charge >= 0.3 is 0 Å². The number of aromatic nitrogens is 2. The Morgan fingerprint density at radius 3 is 2.45 bits per heavy atom. The van der Waals surface area contributed by atoms with E-state index >= 15 is 0 Å². The Morgan fingerprint density at radius 1 is 1.05 bits per heavy atom. The maximum atomic E-state index is 13.6. The molecule has 5 rings (SSSR count). The molecule has 2 aliphatic rings. The van der Waals surface area contributed by atoms with Crippen LogP contribution >= 0.6 is 23.4 Å². The van der Waals surface area contributed by atoms with Crippen LogP contribution in [0.1, 0.15) is 63.1 Å². The molecule has 3 aromatic rings. The Kier molecular flexibility index (Phi) is 7.43. The molecular formula is C30H33ClN4O2S. The van der Waals surface area contributed by atoms with Crippen molar-refractivity contribution in [2.75, 3.05) is 23.3 Å². The summed E-state index contributed by atoms with van der Waals surface area (Å²) in [6, 6.07) is 15.9. The van der Waals surface area contributed by atoms with Crippen molar-refractivity contribution < 1.29 is 4.79 Å². The Hall–Kier alpha value is -3.03. The molecule has 6 nitrogen and oxygen atoms in total. The fourth-order valence-corrected chi connectivity index (χ4v) is 6.67. The molecule has 0 spiro atoms. The number of hydrogen-bond donors (Lipinski definition) is 2. The lowest BCUT2D eigenvalue weighted by Crippen LogP contribution is -2.37. The van der Waals surface area contributed by atoms with Crippen LogP contribution in [0, 0.1) is 5.41 Å². The van der Waals surface area contributed by atoms with Crippen molar-refractivity contribution >= 4 is 40.7 Å². The second kappa shape index (κ2) is 10.6. The summed E-state index contributed by atoms with van der Waals surface area (Å²) in [7, 11) is 0. The number of nitrogens with one attached hydrogen (secondary N) is 2. The van der Waals surface area contributed by atoms with Crippen LogP contribution in [-0.2, 0) is 10.5 Å². The number of ketones is 1. The topological polar surface area (TPSA) is 78.1 Å². The predicted octanol–water partition coefficient (Wildman–Crippen LogP) is 6.76. The van der Waals surface area contributed by atoms with Gasteiger partial charge in [0.2, 0.25) is 0 Å². The zero-order valence-corrected chi connectivity index (χ0v) is 23.8. The van der Waals surface area contributed by atoms with E-state index in [0.717, 1.165) is 42.0 Å². The van der Waals surface area contributed by atoms with Gasteiger partial charge in [-0.3, -0.25) is 9.59 Å². The number of nitrogens with zero attached hydrogens (tertiary/aromatic N) is 2. The summed E-state index contributed by atoms with van der Waals surface area (Å²) < 4.78 is 0. The summed E-state index contributed by atoms with van der Waals surface area (Å²) in [6.07, 6.45) is 1.17. The van der Waals surface area contributed by atoms with E-state index in [4.69, 9.17) is 16.6 Å². The van der Waals surface area contributed by atoms with Gasteiger partial charge < -0.3 is 15.2 Å². The monoisotopic (exact) mass is 548 g/mol. The normalized spacial score (nSPS) is 18.0. The number of halogens is 1. The van der Waals surface area contributed by atoms with Crippen LogP contribution < -0.4 is 15.8 Å². The number of H-pyrrole nitrogens is 1. The number of anilines is 2. The summed E-state index contributed by atoms with van der Waals surface area (Å²) in [5.41, 5.74) is 4.68. The highest BCUT2D eigenvalue weighted by atomic mass is 35.5. The van der Waals surface area contributed by atoms with Crippen LogP contribution in [0.4, 0.5) is 11.5 Å². The summed E-state index contributed by atoms with van der Waals surface area (Å²) in [5.74, 6) is 0.729. The number of hydrogen-bond acceptors (Lipinski definition) is 6. The molecule has 8 heteroatoms. The number of rotatable bonds is 7. The Bertz CT molecular complexity index is 1460. The van der Waals surface area contributed by atoms with Gasteiger partial charge in [0.25, 0.3) is 5.56 Å². The van der Waals surface area contributed by atoms with Crippen LogP contribution in [0.2, 0.25) is 5.02 Å². The van der Waals surface area contributed by atoms with Crippen molar-refractivity contribution in [1.82, 2.24) is 9.97 Å². The molecule has 0 saturated heterocycles. The molecule has 1 aliphatic carbocycles. The quantitative estimate of drug-likeness (QED) is 0.251. The zero-order valence-electron chi connectivity index (χ0n) is 22.2. The van der Waals surface area contributed by atoms with Crippen LogP contribution in [0.3, 0.4) is 0 Å². The molecule has 2 heterocycles. The van der Waals surface area contributed by atoms with E-state index in [9.17, 15) is 9.59 Å². The molecule has 1 atom stereocenters. The number of allylic oxidation sites excluding steroid dienone is 2. The standard InChI is InChI=1S/C30H33ClN4O2S/c1-5-35(6-2)20-13-11-18(12-14-20)24-25-22(15-30(3,4)16-23(25)36)32-27-26(24)28(37)34-29(33-27)38-17-19-9-7-8-10-21(19)31/h7-14,24H,5-6,15-17H2,1-4H3,(H2,32,33,34,37). The van der Waals surface area contributed by atoms with Gasteiger partial charge in [-0.15, -0.1) is 0 Å². The first-order chi connectivity index (χ1) is 18.2. The minimum atomic E-state index is -0.463. The van der Waals surface area contributed by atoms with E-state index in [-0.39, 0.29) is 16.8 Å². The maximum absolute atomic E-state index is 13.6. The van der Waals surface area contributed by atoms with Gasteiger partial charge in [0, 0.05) is 53.2 Å². The molecule has 1 unspecified atom stereocenters. The lowest BCUT2D eigenvalue weighted by atomic mass is 9.69. The van der Waals surface area contributed by atoms with Gasteiger partial charge in [0.1, 0.15) is 5.82 Å². The van der Waals surface area contributed by atoms with Gasteiger partial charge in [0.15, 0.2) is 10.9 Å². The summed E-state index contributed by atoms with van der Waals surface area (Å²) in [6.45, 7) is 10.3. The molecule has 0 radical (unpaired) electrons. The molecule has 1 aromatic heterocycles. The molecule has 198 valence electrons. The second-order valence-electron chi connectivity index (χ2n) is 10.7. The first kappa shape index (κ1) is 26.6. The van der Waals surface area contributed by atoms with E-state index in [0.29, 0.717) is 39.3 Å². The van der Waals surface area contributed by atoms with E-state index in [1.807, 2.05) is 36.4 Å². The second-order valence-corrected chi connectivity index (χ2v) is 12.0. The molecule has 38 heavy (non-hydrogen) atoms. The molecule has 0 fully saturated rings.